The minimum atomic E-state index is -0.123. The van der Waals surface area contributed by atoms with E-state index in [1.165, 1.54) is 17.4 Å². The fourth-order valence-electron chi connectivity index (χ4n) is 2.85. The molecule has 0 saturated carbocycles. The molecule has 0 spiro atoms. The van der Waals surface area contributed by atoms with E-state index >= 15 is 0 Å². The fourth-order valence-corrected chi connectivity index (χ4v) is 2.85. The third-order valence-electron chi connectivity index (χ3n) is 3.88. The predicted octanol–water partition coefficient (Wildman–Crippen LogP) is 3.86. The lowest BCUT2D eigenvalue weighted by atomic mass is 9.76. The standard InChI is InChI=1S/C17H27NO/c1-3-9-17(14-19,10-4-2)11-8-15-6-5-7-16(12-15)13-18/h5-7,12,14H,3-4,8-11,13,18H2,1-2H3. The average Bonchev–Trinajstić information content (AvgIpc) is 2.45. The zero-order chi connectivity index (χ0) is 14.1. The van der Waals surface area contributed by atoms with E-state index < -0.39 is 0 Å². The highest BCUT2D eigenvalue weighted by Gasteiger charge is 2.27. The molecule has 1 aromatic rings. The third kappa shape index (κ3) is 4.79. The maximum absolute atomic E-state index is 11.5. The van der Waals surface area contributed by atoms with Crippen molar-refractivity contribution < 1.29 is 4.79 Å². The van der Waals surface area contributed by atoms with E-state index in [1.807, 2.05) is 0 Å². The van der Waals surface area contributed by atoms with Crippen LogP contribution >= 0.6 is 0 Å². The Hall–Kier alpha value is -1.15. The smallest absolute Gasteiger partial charge is 0.126 e. The summed E-state index contributed by atoms with van der Waals surface area (Å²) < 4.78 is 0. The summed E-state index contributed by atoms with van der Waals surface area (Å²) in [5, 5.41) is 0. The minimum absolute atomic E-state index is 0.123. The van der Waals surface area contributed by atoms with E-state index in [4.69, 9.17) is 5.73 Å². The fraction of sp³-hybridized carbons (Fsp3) is 0.588. The average molecular weight is 261 g/mol. The maximum Gasteiger partial charge on any atom is 0.126 e. The molecule has 0 atom stereocenters. The molecule has 2 N–H and O–H groups in total. The summed E-state index contributed by atoms with van der Waals surface area (Å²) in [6.45, 7) is 4.89. The number of nitrogens with two attached hydrogens (primary N) is 1. The van der Waals surface area contributed by atoms with Crippen LogP contribution in [0.4, 0.5) is 0 Å². The number of aldehydes is 1. The van der Waals surface area contributed by atoms with Crippen molar-refractivity contribution >= 4 is 6.29 Å². The van der Waals surface area contributed by atoms with Crippen LogP contribution in [0, 0.1) is 5.41 Å². The predicted molar refractivity (Wildman–Crippen MR) is 81.0 cm³/mol. The van der Waals surface area contributed by atoms with Crippen LogP contribution in [0.1, 0.15) is 57.1 Å². The van der Waals surface area contributed by atoms with Crippen molar-refractivity contribution in [3.8, 4) is 0 Å². The number of aryl methyl sites for hydroxylation is 1. The van der Waals surface area contributed by atoms with Crippen LogP contribution in [-0.2, 0) is 17.8 Å². The molecular weight excluding hydrogens is 234 g/mol. The molecule has 0 fully saturated rings. The summed E-state index contributed by atoms with van der Waals surface area (Å²) >= 11 is 0. The molecule has 0 aromatic heterocycles. The Morgan fingerprint density at radius 2 is 1.74 bits per heavy atom. The van der Waals surface area contributed by atoms with Gasteiger partial charge in [-0.2, -0.15) is 0 Å². The summed E-state index contributed by atoms with van der Waals surface area (Å²) in [6.07, 6.45) is 7.26. The van der Waals surface area contributed by atoms with Gasteiger partial charge in [-0.05, 0) is 36.8 Å². The second kappa shape index (κ2) is 8.11. The number of hydrogen-bond donors (Lipinski definition) is 1. The van der Waals surface area contributed by atoms with Gasteiger partial charge in [-0.1, -0.05) is 51.0 Å². The quantitative estimate of drug-likeness (QED) is 0.686. The second-order valence-electron chi connectivity index (χ2n) is 5.50. The molecule has 0 aliphatic rings. The molecule has 0 unspecified atom stereocenters. The molecule has 0 aliphatic carbocycles. The Morgan fingerprint density at radius 3 is 2.26 bits per heavy atom. The van der Waals surface area contributed by atoms with Crippen LogP contribution in [0.15, 0.2) is 24.3 Å². The Bertz CT molecular complexity index is 381. The molecule has 2 heteroatoms. The maximum atomic E-state index is 11.5. The highest BCUT2D eigenvalue weighted by atomic mass is 16.1. The van der Waals surface area contributed by atoms with Crippen molar-refractivity contribution in [2.45, 2.75) is 58.9 Å². The molecule has 0 heterocycles. The van der Waals surface area contributed by atoms with Gasteiger partial charge in [-0.25, -0.2) is 0 Å². The number of benzene rings is 1. The first-order chi connectivity index (χ1) is 9.19. The Labute approximate surface area is 117 Å². The van der Waals surface area contributed by atoms with Gasteiger partial charge < -0.3 is 10.5 Å². The topological polar surface area (TPSA) is 43.1 Å². The highest BCUT2D eigenvalue weighted by molar-refractivity contribution is 5.59. The molecule has 1 aromatic carbocycles. The molecule has 0 radical (unpaired) electrons. The SMILES string of the molecule is CCCC(C=O)(CCC)CCc1cccc(CN)c1. The van der Waals surface area contributed by atoms with Crippen molar-refractivity contribution in [3.63, 3.8) is 0 Å². The lowest BCUT2D eigenvalue weighted by Crippen LogP contribution is -2.23. The van der Waals surface area contributed by atoms with E-state index in [9.17, 15) is 4.79 Å². The van der Waals surface area contributed by atoms with E-state index in [-0.39, 0.29) is 5.41 Å². The molecule has 1 rings (SSSR count). The van der Waals surface area contributed by atoms with Crippen LogP contribution < -0.4 is 5.73 Å². The van der Waals surface area contributed by atoms with Gasteiger partial charge in [0.15, 0.2) is 0 Å². The summed E-state index contributed by atoms with van der Waals surface area (Å²) in [5.41, 5.74) is 8.00. The Morgan fingerprint density at radius 1 is 1.11 bits per heavy atom. The molecule has 0 saturated heterocycles. The van der Waals surface area contributed by atoms with Gasteiger partial charge >= 0.3 is 0 Å². The van der Waals surface area contributed by atoms with Crippen LogP contribution in [-0.4, -0.2) is 6.29 Å². The van der Waals surface area contributed by atoms with Crippen LogP contribution in [0.2, 0.25) is 0 Å². The summed E-state index contributed by atoms with van der Waals surface area (Å²) in [6, 6.07) is 8.40. The zero-order valence-electron chi connectivity index (χ0n) is 12.3. The number of hydrogen-bond acceptors (Lipinski definition) is 2. The first kappa shape index (κ1) is 15.9. The van der Waals surface area contributed by atoms with Gasteiger partial charge in [0.25, 0.3) is 0 Å². The largest absolute Gasteiger partial charge is 0.326 e. The monoisotopic (exact) mass is 261 g/mol. The van der Waals surface area contributed by atoms with E-state index in [1.54, 1.807) is 0 Å². The van der Waals surface area contributed by atoms with Crippen molar-refractivity contribution in [1.29, 1.82) is 0 Å². The molecular formula is C17H27NO. The first-order valence-electron chi connectivity index (χ1n) is 7.44. The van der Waals surface area contributed by atoms with E-state index in [2.05, 4.69) is 38.1 Å². The number of rotatable bonds is 9. The van der Waals surface area contributed by atoms with E-state index in [0.717, 1.165) is 38.5 Å². The van der Waals surface area contributed by atoms with Crippen molar-refractivity contribution in [1.82, 2.24) is 0 Å². The second-order valence-corrected chi connectivity index (χ2v) is 5.50. The van der Waals surface area contributed by atoms with Crippen molar-refractivity contribution in [2.24, 2.45) is 11.1 Å². The Balaban J connectivity index is 2.71. The summed E-state index contributed by atoms with van der Waals surface area (Å²) in [4.78, 5) is 11.5. The Kier molecular flexibility index (Phi) is 6.79. The van der Waals surface area contributed by atoms with Crippen LogP contribution in [0.3, 0.4) is 0 Å². The van der Waals surface area contributed by atoms with Gasteiger partial charge in [0.1, 0.15) is 6.29 Å². The zero-order valence-corrected chi connectivity index (χ0v) is 12.3. The number of carbonyl (C=O) groups excluding carboxylic acids is 1. The van der Waals surface area contributed by atoms with Crippen LogP contribution in [0.25, 0.3) is 0 Å². The van der Waals surface area contributed by atoms with Crippen LogP contribution in [0.5, 0.6) is 0 Å². The van der Waals surface area contributed by atoms with Crippen molar-refractivity contribution in [3.05, 3.63) is 35.4 Å². The summed E-state index contributed by atoms with van der Waals surface area (Å²) in [5.74, 6) is 0. The molecule has 19 heavy (non-hydrogen) atoms. The molecule has 0 aliphatic heterocycles. The van der Waals surface area contributed by atoms with Gasteiger partial charge in [0, 0.05) is 12.0 Å². The molecule has 106 valence electrons. The molecule has 2 nitrogen and oxygen atoms in total. The van der Waals surface area contributed by atoms with Gasteiger partial charge in [-0.15, -0.1) is 0 Å². The van der Waals surface area contributed by atoms with Gasteiger partial charge in [0.2, 0.25) is 0 Å². The van der Waals surface area contributed by atoms with Gasteiger partial charge in [-0.3, -0.25) is 0 Å². The van der Waals surface area contributed by atoms with E-state index in [0.29, 0.717) is 6.54 Å². The summed E-state index contributed by atoms with van der Waals surface area (Å²) in [7, 11) is 0. The minimum Gasteiger partial charge on any atom is -0.326 e. The molecule has 0 bridgehead atoms. The van der Waals surface area contributed by atoms with Gasteiger partial charge in [0.05, 0.1) is 0 Å². The number of carbonyl (C=O) groups is 1. The first-order valence-corrected chi connectivity index (χ1v) is 7.44. The highest BCUT2D eigenvalue weighted by Crippen LogP contribution is 2.32. The van der Waals surface area contributed by atoms with Crippen molar-refractivity contribution in [2.75, 3.05) is 0 Å². The molecule has 0 amide bonds. The normalized spacial score (nSPS) is 11.5. The third-order valence-corrected chi connectivity index (χ3v) is 3.88. The lowest BCUT2D eigenvalue weighted by molar-refractivity contribution is -0.117. The lowest BCUT2D eigenvalue weighted by Gasteiger charge is -2.27.